The molecule has 0 aliphatic heterocycles. The minimum atomic E-state index is -0.0692. The molecule has 0 bridgehead atoms. The van der Waals surface area contributed by atoms with Gasteiger partial charge in [-0.1, -0.05) is 13.3 Å². The zero-order valence-electron chi connectivity index (χ0n) is 9.92. The van der Waals surface area contributed by atoms with E-state index in [0.29, 0.717) is 6.61 Å². The first kappa shape index (κ1) is 12.5. The summed E-state index contributed by atoms with van der Waals surface area (Å²) >= 11 is 0. The molecule has 0 aromatic carbocycles. The van der Waals surface area contributed by atoms with Gasteiger partial charge in [-0.15, -0.1) is 0 Å². The molecule has 0 aromatic heterocycles. The lowest BCUT2D eigenvalue weighted by molar-refractivity contribution is -0.150. The van der Waals surface area contributed by atoms with Crippen LogP contribution in [0.15, 0.2) is 0 Å². The van der Waals surface area contributed by atoms with Gasteiger partial charge in [0.05, 0.1) is 12.5 Å². The van der Waals surface area contributed by atoms with E-state index in [1.54, 1.807) is 0 Å². The Morgan fingerprint density at radius 2 is 2.07 bits per heavy atom. The molecule has 1 saturated carbocycles. The number of hydrogen-bond acceptors (Lipinski definition) is 3. The third-order valence-corrected chi connectivity index (χ3v) is 3.20. The molecule has 88 valence electrons. The van der Waals surface area contributed by atoms with Crippen molar-refractivity contribution >= 4 is 5.97 Å². The largest absolute Gasteiger partial charge is 0.465 e. The molecule has 0 unspecified atom stereocenters. The maximum absolute atomic E-state index is 11.6. The molecule has 0 heterocycles. The van der Waals surface area contributed by atoms with Gasteiger partial charge in [-0.2, -0.15) is 0 Å². The quantitative estimate of drug-likeness (QED) is 0.575. The second kappa shape index (κ2) is 5.50. The minimum Gasteiger partial charge on any atom is -0.465 e. The van der Waals surface area contributed by atoms with Crippen molar-refractivity contribution in [2.24, 2.45) is 11.7 Å². The molecule has 0 aromatic rings. The van der Waals surface area contributed by atoms with E-state index in [2.05, 4.69) is 13.8 Å². The van der Waals surface area contributed by atoms with Crippen molar-refractivity contribution < 1.29 is 9.53 Å². The van der Waals surface area contributed by atoms with Gasteiger partial charge < -0.3 is 10.5 Å². The first-order chi connectivity index (χ1) is 7.05. The summed E-state index contributed by atoms with van der Waals surface area (Å²) in [7, 11) is 0. The van der Waals surface area contributed by atoms with Crippen molar-refractivity contribution in [3.8, 4) is 0 Å². The number of carbonyl (C=O) groups is 1. The number of esters is 1. The lowest BCUT2D eigenvalue weighted by Crippen LogP contribution is -2.41. The Balaban J connectivity index is 2.24. The Labute approximate surface area is 92.4 Å². The molecule has 3 nitrogen and oxygen atoms in total. The molecule has 0 atom stereocenters. The van der Waals surface area contributed by atoms with E-state index >= 15 is 0 Å². The van der Waals surface area contributed by atoms with E-state index in [0.717, 1.165) is 38.5 Å². The maximum Gasteiger partial charge on any atom is 0.308 e. The predicted molar refractivity (Wildman–Crippen MR) is 60.4 cm³/mol. The SMILES string of the molecule is CCCCOC(=O)C1CCC(C)(N)CC1. The number of rotatable bonds is 4. The van der Waals surface area contributed by atoms with E-state index in [4.69, 9.17) is 10.5 Å². The standard InChI is InChI=1S/C12H23NO2/c1-3-4-9-15-11(14)10-5-7-12(2,13)8-6-10/h10H,3-9,13H2,1-2H3. The fraction of sp³-hybridized carbons (Fsp3) is 0.917. The highest BCUT2D eigenvalue weighted by atomic mass is 16.5. The third kappa shape index (κ3) is 4.20. The van der Waals surface area contributed by atoms with Crippen LogP contribution in [0.1, 0.15) is 52.4 Å². The van der Waals surface area contributed by atoms with Gasteiger partial charge in [0.2, 0.25) is 0 Å². The van der Waals surface area contributed by atoms with Crippen LogP contribution in [0.25, 0.3) is 0 Å². The second-order valence-electron chi connectivity index (χ2n) is 4.95. The fourth-order valence-corrected chi connectivity index (χ4v) is 1.95. The summed E-state index contributed by atoms with van der Waals surface area (Å²) in [5, 5.41) is 0. The first-order valence-electron chi connectivity index (χ1n) is 6.00. The molecule has 1 fully saturated rings. The van der Waals surface area contributed by atoms with Gasteiger partial charge in [0.15, 0.2) is 0 Å². The van der Waals surface area contributed by atoms with Gasteiger partial charge in [0.25, 0.3) is 0 Å². The van der Waals surface area contributed by atoms with Crippen molar-refractivity contribution in [2.45, 2.75) is 57.9 Å². The molecule has 3 heteroatoms. The number of carbonyl (C=O) groups excluding carboxylic acids is 1. The summed E-state index contributed by atoms with van der Waals surface area (Å²) < 4.78 is 5.21. The van der Waals surface area contributed by atoms with Gasteiger partial charge in [0, 0.05) is 5.54 Å². The molecular formula is C12H23NO2. The first-order valence-corrected chi connectivity index (χ1v) is 6.00. The highest BCUT2D eigenvalue weighted by Gasteiger charge is 2.31. The van der Waals surface area contributed by atoms with E-state index in [1.807, 2.05) is 0 Å². The van der Waals surface area contributed by atoms with E-state index in [9.17, 15) is 4.79 Å². The van der Waals surface area contributed by atoms with Crippen molar-refractivity contribution in [3.63, 3.8) is 0 Å². The third-order valence-electron chi connectivity index (χ3n) is 3.20. The molecule has 1 rings (SSSR count). The molecule has 0 saturated heterocycles. The Hall–Kier alpha value is -0.570. The Morgan fingerprint density at radius 3 is 2.60 bits per heavy atom. The van der Waals surface area contributed by atoms with Crippen LogP contribution >= 0.6 is 0 Å². The summed E-state index contributed by atoms with van der Waals surface area (Å²) in [4.78, 5) is 11.6. The van der Waals surface area contributed by atoms with Gasteiger partial charge in [-0.3, -0.25) is 4.79 Å². The van der Waals surface area contributed by atoms with Crippen LogP contribution in [-0.4, -0.2) is 18.1 Å². The normalized spacial score (nSPS) is 31.3. The van der Waals surface area contributed by atoms with Crippen LogP contribution in [0.3, 0.4) is 0 Å². The zero-order chi connectivity index (χ0) is 11.3. The predicted octanol–water partition coefficient (Wildman–Crippen LogP) is 2.24. The highest BCUT2D eigenvalue weighted by Crippen LogP contribution is 2.30. The molecule has 15 heavy (non-hydrogen) atoms. The van der Waals surface area contributed by atoms with E-state index in [1.165, 1.54) is 0 Å². The zero-order valence-corrected chi connectivity index (χ0v) is 9.92. The summed E-state index contributed by atoms with van der Waals surface area (Å²) in [6.07, 6.45) is 5.67. The Morgan fingerprint density at radius 1 is 1.47 bits per heavy atom. The molecule has 0 spiro atoms. The summed E-state index contributed by atoms with van der Waals surface area (Å²) in [6, 6.07) is 0. The molecule has 2 N–H and O–H groups in total. The fourth-order valence-electron chi connectivity index (χ4n) is 1.95. The maximum atomic E-state index is 11.6. The average Bonchev–Trinajstić information content (AvgIpc) is 2.18. The molecular weight excluding hydrogens is 190 g/mol. The number of unbranched alkanes of at least 4 members (excludes halogenated alkanes) is 1. The lowest BCUT2D eigenvalue weighted by atomic mass is 9.78. The van der Waals surface area contributed by atoms with Gasteiger partial charge >= 0.3 is 5.97 Å². The molecule has 1 aliphatic carbocycles. The van der Waals surface area contributed by atoms with Crippen LogP contribution in [0.4, 0.5) is 0 Å². The lowest BCUT2D eigenvalue weighted by Gasteiger charge is -2.32. The Kier molecular flexibility index (Phi) is 4.58. The summed E-state index contributed by atoms with van der Waals surface area (Å²) in [6.45, 7) is 4.73. The van der Waals surface area contributed by atoms with Crippen LogP contribution in [0.2, 0.25) is 0 Å². The Bertz CT molecular complexity index is 204. The number of nitrogens with two attached hydrogens (primary N) is 1. The van der Waals surface area contributed by atoms with Crippen molar-refractivity contribution in [3.05, 3.63) is 0 Å². The summed E-state index contributed by atoms with van der Waals surface area (Å²) in [5.74, 6) is 0.0810. The average molecular weight is 213 g/mol. The van der Waals surface area contributed by atoms with Gasteiger partial charge in [-0.05, 0) is 39.0 Å². The molecule has 0 amide bonds. The van der Waals surface area contributed by atoms with Crippen LogP contribution < -0.4 is 5.73 Å². The van der Waals surface area contributed by atoms with Crippen LogP contribution in [0, 0.1) is 5.92 Å². The molecule has 1 aliphatic rings. The van der Waals surface area contributed by atoms with Crippen molar-refractivity contribution in [1.29, 1.82) is 0 Å². The summed E-state index contributed by atoms with van der Waals surface area (Å²) in [5.41, 5.74) is 5.94. The molecule has 0 radical (unpaired) electrons. The van der Waals surface area contributed by atoms with Crippen molar-refractivity contribution in [1.82, 2.24) is 0 Å². The smallest absolute Gasteiger partial charge is 0.308 e. The topological polar surface area (TPSA) is 52.3 Å². The van der Waals surface area contributed by atoms with Crippen molar-refractivity contribution in [2.75, 3.05) is 6.61 Å². The van der Waals surface area contributed by atoms with Crippen LogP contribution in [0.5, 0.6) is 0 Å². The van der Waals surface area contributed by atoms with Gasteiger partial charge in [-0.25, -0.2) is 0 Å². The second-order valence-corrected chi connectivity index (χ2v) is 4.95. The van der Waals surface area contributed by atoms with Gasteiger partial charge in [0.1, 0.15) is 0 Å². The number of hydrogen-bond donors (Lipinski definition) is 1. The highest BCUT2D eigenvalue weighted by molar-refractivity contribution is 5.72. The van der Waals surface area contributed by atoms with E-state index in [-0.39, 0.29) is 17.4 Å². The minimum absolute atomic E-state index is 0.0149. The van der Waals surface area contributed by atoms with Crippen LogP contribution in [-0.2, 0) is 9.53 Å². The monoisotopic (exact) mass is 213 g/mol. The van der Waals surface area contributed by atoms with E-state index < -0.39 is 0 Å². The number of ether oxygens (including phenoxy) is 1.